The molecule has 2 rings (SSSR count). The third kappa shape index (κ3) is 3.02. The maximum atomic E-state index is 5.50. The summed E-state index contributed by atoms with van der Waals surface area (Å²) in [7, 11) is 0. The van der Waals surface area contributed by atoms with E-state index in [1.165, 1.54) is 0 Å². The number of nitrogens with zero attached hydrogens (tertiary/aromatic N) is 2. The fraction of sp³-hybridized carbons (Fsp3) is 0.818. The molecule has 0 radical (unpaired) electrons. The molecule has 0 spiro atoms. The molecule has 1 aliphatic rings. The molecular formula is C11H19N3O2. The van der Waals surface area contributed by atoms with Crippen LogP contribution in [0.25, 0.3) is 0 Å². The van der Waals surface area contributed by atoms with Crippen molar-refractivity contribution >= 4 is 0 Å². The standard InChI is InChI=1S/C11H19N3O2/c1-3-15-10-6-9(7-10)12-5-4-11-13-8(2)16-14-11/h9-10,12H,3-7H2,1-2H3. The Morgan fingerprint density at radius 2 is 2.31 bits per heavy atom. The summed E-state index contributed by atoms with van der Waals surface area (Å²) in [6.45, 7) is 5.57. The van der Waals surface area contributed by atoms with Gasteiger partial charge in [0.1, 0.15) is 0 Å². The van der Waals surface area contributed by atoms with E-state index in [-0.39, 0.29) is 0 Å². The average molecular weight is 225 g/mol. The Kier molecular flexibility index (Phi) is 3.90. The molecule has 0 amide bonds. The number of ether oxygens (including phenoxy) is 1. The first-order valence-electron chi connectivity index (χ1n) is 5.92. The summed E-state index contributed by atoms with van der Waals surface area (Å²) < 4.78 is 10.4. The molecule has 1 saturated carbocycles. The lowest BCUT2D eigenvalue weighted by molar-refractivity contribution is -0.00963. The smallest absolute Gasteiger partial charge is 0.223 e. The molecule has 1 aromatic heterocycles. The number of hydrogen-bond acceptors (Lipinski definition) is 5. The second-order valence-corrected chi connectivity index (χ2v) is 4.18. The van der Waals surface area contributed by atoms with Crippen molar-refractivity contribution in [1.29, 1.82) is 0 Å². The van der Waals surface area contributed by atoms with Crippen molar-refractivity contribution in [3.63, 3.8) is 0 Å². The molecule has 0 saturated heterocycles. The van der Waals surface area contributed by atoms with Crippen LogP contribution < -0.4 is 5.32 Å². The molecule has 90 valence electrons. The van der Waals surface area contributed by atoms with Gasteiger partial charge in [0, 0.05) is 32.5 Å². The zero-order chi connectivity index (χ0) is 11.4. The minimum absolute atomic E-state index is 0.468. The van der Waals surface area contributed by atoms with Crippen LogP contribution in [-0.2, 0) is 11.2 Å². The van der Waals surface area contributed by atoms with Crippen molar-refractivity contribution < 1.29 is 9.26 Å². The second-order valence-electron chi connectivity index (χ2n) is 4.18. The summed E-state index contributed by atoms with van der Waals surface area (Å²) in [5, 5.41) is 7.31. The quantitative estimate of drug-likeness (QED) is 0.785. The van der Waals surface area contributed by atoms with Crippen molar-refractivity contribution in [2.75, 3.05) is 13.2 Å². The van der Waals surface area contributed by atoms with Gasteiger partial charge >= 0.3 is 0 Å². The topological polar surface area (TPSA) is 60.2 Å². The SMILES string of the molecule is CCOC1CC(NCCc2noc(C)n2)C1. The Hall–Kier alpha value is -0.940. The lowest BCUT2D eigenvalue weighted by atomic mass is 9.89. The van der Waals surface area contributed by atoms with E-state index in [0.717, 1.165) is 38.2 Å². The van der Waals surface area contributed by atoms with E-state index in [1.807, 2.05) is 13.8 Å². The van der Waals surface area contributed by atoms with Gasteiger partial charge in [-0.05, 0) is 19.8 Å². The van der Waals surface area contributed by atoms with Gasteiger partial charge in [0.15, 0.2) is 5.82 Å². The number of aryl methyl sites for hydroxylation is 1. The summed E-state index contributed by atoms with van der Waals surface area (Å²) in [4.78, 5) is 4.15. The lowest BCUT2D eigenvalue weighted by Gasteiger charge is -2.35. The Bertz CT molecular complexity index is 321. The molecule has 0 unspecified atom stereocenters. The van der Waals surface area contributed by atoms with E-state index in [2.05, 4.69) is 15.5 Å². The van der Waals surface area contributed by atoms with Crippen molar-refractivity contribution in [2.24, 2.45) is 0 Å². The van der Waals surface area contributed by atoms with Gasteiger partial charge in [0.2, 0.25) is 5.89 Å². The third-order valence-electron chi connectivity index (χ3n) is 2.85. The highest BCUT2D eigenvalue weighted by Crippen LogP contribution is 2.22. The van der Waals surface area contributed by atoms with Gasteiger partial charge in [-0.15, -0.1) is 0 Å². The summed E-state index contributed by atoms with van der Waals surface area (Å²) in [5.74, 6) is 1.42. The number of hydrogen-bond donors (Lipinski definition) is 1. The molecule has 0 bridgehead atoms. The zero-order valence-electron chi connectivity index (χ0n) is 9.90. The van der Waals surface area contributed by atoms with Gasteiger partial charge in [0.25, 0.3) is 0 Å². The first-order valence-corrected chi connectivity index (χ1v) is 5.92. The molecule has 0 aliphatic heterocycles. The van der Waals surface area contributed by atoms with Crippen LogP contribution in [0.2, 0.25) is 0 Å². The molecule has 1 heterocycles. The second kappa shape index (κ2) is 5.41. The molecule has 0 aromatic carbocycles. The molecule has 1 fully saturated rings. The van der Waals surface area contributed by atoms with Crippen molar-refractivity contribution in [1.82, 2.24) is 15.5 Å². The van der Waals surface area contributed by atoms with E-state index in [9.17, 15) is 0 Å². The van der Waals surface area contributed by atoms with Crippen LogP contribution in [0.5, 0.6) is 0 Å². The van der Waals surface area contributed by atoms with Crippen LogP contribution in [0.15, 0.2) is 4.52 Å². The van der Waals surface area contributed by atoms with Crippen LogP contribution in [0.1, 0.15) is 31.5 Å². The number of rotatable bonds is 6. The van der Waals surface area contributed by atoms with E-state index in [1.54, 1.807) is 0 Å². The normalized spacial score (nSPS) is 24.4. The van der Waals surface area contributed by atoms with E-state index in [0.29, 0.717) is 18.0 Å². The summed E-state index contributed by atoms with van der Waals surface area (Å²) in [6.07, 6.45) is 3.54. The van der Waals surface area contributed by atoms with Gasteiger partial charge in [-0.2, -0.15) is 4.98 Å². The monoisotopic (exact) mass is 225 g/mol. The highest BCUT2D eigenvalue weighted by Gasteiger charge is 2.28. The Morgan fingerprint density at radius 3 is 2.94 bits per heavy atom. The van der Waals surface area contributed by atoms with Crippen LogP contribution in [0.3, 0.4) is 0 Å². The first-order chi connectivity index (χ1) is 7.78. The molecule has 1 aliphatic carbocycles. The van der Waals surface area contributed by atoms with E-state index < -0.39 is 0 Å². The fourth-order valence-electron chi connectivity index (χ4n) is 1.94. The predicted octanol–water partition coefficient (Wildman–Crippen LogP) is 1.08. The first kappa shape index (κ1) is 11.5. The van der Waals surface area contributed by atoms with Crippen LogP contribution in [-0.4, -0.2) is 35.4 Å². The molecule has 1 aromatic rings. The van der Waals surface area contributed by atoms with Crippen LogP contribution in [0.4, 0.5) is 0 Å². The van der Waals surface area contributed by atoms with Gasteiger partial charge in [-0.25, -0.2) is 0 Å². The van der Waals surface area contributed by atoms with Gasteiger partial charge in [-0.3, -0.25) is 0 Å². The lowest BCUT2D eigenvalue weighted by Crippen LogP contribution is -2.46. The maximum absolute atomic E-state index is 5.50. The van der Waals surface area contributed by atoms with Crippen molar-refractivity contribution in [3.05, 3.63) is 11.7 Å². The van der Waals surface area contributed by atoms with Gasteiger partial charge in [-0.1, -0.05) is 5.16 Å². The maximum Gasteiger partial charge on any atom is 0.223 e. The molecule has 5 heteroatoms. The Morgan fingerprint density at radius 1 is 1.50 bits per heavy atom. The number of nitrogens with one attached hydrogen (secondary N) is 1. The molecule has 0 atom stereocenters. The summed E-state index contributed by atoms with van der Waals surface area (Å²) in [6, 6.07) is 0.601. The Balaban J connectivity index is 1.56. The highest BCUT2D eigenvalue weighted by atomic mass is 16.5. The third-order valence-corrected chi connectivity index (χ3v) is 2.85. The van der Waals surface area contributed by atoms with Crippen LogP contribution >= 0.6 is 0 Å². The fourth-order valence-corrected chi connectivity index (χ4v) is 1.94. The predicted molar refractivity (Wildman–Crippen MR) is 59.2 cm³/mol. The molecule has 1 N–H and O–H groups in total. The largest absolute Gasteiger partial charge is 0.378 e. The van der Waals surface area contributed by atoms with Crippen molar-refractivity contribution in [2.45, 2.75) is 45.3 Å². The molecule has 16 heavy (non-hydrogen) atoms. The minimum Gasteiger partial charge on any atom is -0.378 e. The zero-order valence-corrected chi connectivity index (χ0v) is 9.90. The van der Waals surface area contributed by atoms with E-state index >= 15 is 0 Å². The average Bonchev–Trinajstić information content (AvgIpc) is 2.60. The summed E-state index contributed by atoms with van der Waals surface area (Å²) >= 11 is 0. The highest BCUT2D eigenvalue weighted by molar-refractivity contribution is 4.89. The van der Waals surface area contributed by atoms with E-state index in [4.69, 9.17) is 9.26 Å². The van der Waals surface area contributed by atoms with Gasteiger partial charge < -0.3 is 14.6 Å². The Labute approximate surface area is 95.6 Å². The van der Waals surface area contributed by atoms with Gasteiger partial charge in [0.05, 0.1) is 6.10 Å². The van der Waals surface area contributed by atoms with Crippen LogP contribution in [0, 0.1) is 6.92 Å². The van der Waals surface area contributed by atoms with Crippen molar-refractivity contribution in [3.8, 4) is 0 Å². The summed E-state index contributed by atoms with van der Waals surface area (Å²) in [5.41, 5.74) is 0. The number of aromatic nitrogens is 2. The molecule has 5 nitrogen and oxygen atoms in total. The minimum atomic E-state index is 0.468. The molecular weight excluding hydrogens is 206 g/mol.